The summed E-state index contributed by atoms with van der Waals surface area (Å²) >= 11 is 7.78. The van der Waals surface area contributed by atoms with E-state index in [0.717, 1.165) is 6.42 Å². The molecule has 3 saturated heterocycles. The second kappa shape index (κ2) is 13.4. The van der Waals surface area contributed by atoms with Gasteiger partial charge in [0.2, 0.25) is 11.8 Å². The van der Waals surface area contributed by atoms with Crippen LogP contribution < -0.4 is 14.5 Å². The number of carbonyl (C=O) groups is 3. The summed E-state index contributed by atoms with van der Waals surface area (Å²) in [7, 11) is 0. The van der Waals surface area contributed by atoms with Gasteiger partial charge in [-0.1, -0.05) is 30.7 Å². The van der Waals surface area contributed by atoms with Gasteiger partial charge in [0.05, 0.1) is 23.2 Å². The van der Waals surface area contributed by atoms with Gasteiger partial charge in [0.15, 0.2) is 0 Å². The number of fused-ring (bicyclic) bond motifs is 1. The molecule has 1 spiro atoms. The van der Waals surface area contributed by atoms with Crippen LogP contribution >= 0.6 is 23.4 Å². The number of amides is 3. The van der Waals surface area contributed by atoms with Gasteiger partial charge in [0, 0.05) is 47.9 Å². The molecule has 2 aromatic rings. The molecule has 234 valence electrons. The molecule has 6 atom stereocenters. The molecule has 0 radical (unpaired) electrons. The zero-order valence-corrected chi connectivity index (χ0v) is 26.8. The highest BCUT2D eigenvalue weighted by molar-refractivity contribution is 8.02. The van der Waals surface area contributed by atoms with Crippen LogP contribution in [0.25, 0.3) is 0 Å². The topological polar surface area (TPSA) is 90.4 Å². The lowest BCUT2D eigenvalue weighted by atomic mass is 9.65. The predicted molar refractivity (Wildman–Crippen MR) is 176 cm³/mol. The fourth-order valence-electron chi connectivity index (χ4n) is 7.30. The first-order chi connectivity index (χ1) is 21.2. The number of aliphatic hydroxyl groups excluding tert-OH is 1. The minimum absolute atomic E-state index is 0.0118. The van der Waals surface area contributed by atoms with Crippen molar-refractivity contribution in [2.24, 2.45) is 17.8 Å². The van der Waals surface area contributed by atoms with Gasteiger partial charge in [-0.2, -0.15) is 0 Å². The number of hydrogen-bond acceptors (Lipinski definition) is 6. The molecule has 1 N–H and O–H groups in total. The average Bonchev–Trinajstić information content (AvgIpc) is 3.61. The molecule has 0 aliphatic carbocycles. The average molecular weight is 638 g/mol. The standard InChI is InChI=1S/C34H40ClN3O5S/c1-5-17-36(25-13-15-26(16-14-25)43-7-3)31(40)28-27-21-22(4)34(44-27)29(28)32(41)38(19-8-20-39)30(34)33(42)37(18-6-2)24-11-9-23(35)10-12-24/h5-6,9-16,22,27-30,39H,1-2,7-8,17-21H2,3-4H3/t22?,27-,28+,29+,30?,34?/m1/s1. The van der Waals surface area contributed by atoms with Gasteiger partial charge in [0.1, 0.15) is 11.8 Å². The van der Waals surface area contributed by atoms with Gasteiger partial charge >= 0.3 is 0 Å². The quantitative estimate of drug-likeness (QED) is 0.304. The zero-order valence-electron chi connectivity index (χ0n) is 25.2. The second-order valence-electron chi connectivity index (χ2n) is 11.5. The third-order valence-electron chi connectivity index (χ3n) is 9.07. The Bertz CT molecular complexity index is 1400. The molecule has 3 amide bonds. The molecule has 3 aliphatic rings. The van der Waals surface area contributed by atoms with E-state index in [1.54, 1.807) is 62.9 Å². The van der Waals surface area contributed by atoms with Crippen LogP contribution in [0.2, 0.25) is 5.02 Å². The second-order valence-corrected chi connectivity index (χ2v) is 13.5. The van der Waals surface area contributed by atoms with E-state index < -0.39 is 22.6 Å². The molecular weight excluding hydrogens is 598 g/mol. The number of likely N-dealkylation sites (tertiary alicyclic amines) is 1. The minimum atomic E-state index is -0.802. The van der Waals surface area contributed by atoms with E-state index in [-0.39, 0.29) is 55.1 Å². The summed E-state index contributed by atoms with van der Waals surface area (Å²) in [5.41, 5.74) is 1.35. The van der Waals surface area contributed by atoms with Gasteiger partial charge in [-0.05, 0) is 74.2 Å². The van der Waals surface area contributed by atoms with Crippen molar-refractivity contribution in [2.45, 2.75) is 42.7 Å². The normalized spacial score (nSPS) is 26.8. The molecule has 2 bridgehead atoms. The number of rotatable bonds is 13. The molecule has 3 heterocycles. The van der Waals surface area contributed by atoms with Crippen LogP contribution in [0.5, 0.6) is 5.75 Å². The molecule has 0 aromatic heterocycles. The van der Waals surface area contributed by atoms with Gasteiger partial charge in [-0.15, -0.1) is 24.9 Å². The number of anilines is 2. The van der Waals surface area contributed by atoms with E-state index >= 15 is 0 Å². The van der Waals surface area contributed by atoms with Crippen LogP contribution in [0, 0.1) is 17.8 Å². The van der Waals surface area contributed by atoms with Gasteiger partial charge in [0.25, 0.3) is 5.91 Å². The number of halogens is 1. The largest absolute Gasteiger partial charge is 0.494 e. The molecular formula is C34H40ClN3O5S. The highest BCUT2D eigenvalue weighted by Gasteiger charge is 2.76. The van der Waals surface area contributed by atoms with Crippen molar-refractivity contribution in [1.82, 2.24) is 4.90 Å². The lowest BCUT2D eigenvalue weighted by Crippen LogP contribution is -2.57. The Morgan fingerprint density at radius 2 is 1.66 bits per heavy atom. The Labute approximate surface area is 268 Å². The highest BCUT2D eigenvalue weighted by Crippen LogP contribution is 2.69. The van der Waals surface area contributed by atoms with Gasteiger partial charge in [-0.25, -0.2) is 0 Å². The molecule has 3 aliphatic heterocycles. The number of benzene rings is 2. The van der Waals surface area contributed by atoms with Crippen LogP contribution in [0.15, 0.2) is 73.8 Å². The maximum atomic E-state index is 14.7. The van der Waals surface area contributed by atoms with Crippen molar-refractivity contribution in [3.63, 3.8) is 0 Å². The first kappa shape index (κ1) is 32.1. The fourth-order valence-corrected chi connectivity index (χ4v) is 9.84. The van der Waals surface area contributed by atoms with E-state index in [9.17, 15) is 19.5 Å². The van der Waals surface area contributed by atoms with Crippen LogP contribution in [0.1, 0.15) is 26.7 Å². The van der Waals surface area contributed by atoms with Crippen LogP contribution in [0.3, 0.4) is 0 Å². The summed E-state index contributed by atoms with van der Waals surface area (Å²) in [4.78, 5) is 48.6. The first-order valence-corrected chi connectivity index (χ1v) is 16.4. The minimum Gasteiger partial charge on any atom is -0.494 e. The van der Waals surface area contributed by atoms with Gasteiger partial charge in [-0.3, -0.25) is 14.4 Å². The Balaban J connectivity index is 1.55. The zero-order chi connectivity index (χ0) is 31.6. The number of ether oxygens (including phenoxy) is 1. The van der Waals surface area contributed by atoms with Crippen molar-refractivity contribution < 1.29 is 24.2 Å². The van der Waals surface area contributed by atoms with Crippen LogP contribution in [0.4, 0.5) is 11.4 Å². The summed E-state index contributed by atoms with van der Waals surface area (Å²) in [5.74, 6) is -1.12. The third-order valence-corrected chi connectivity index (χ3v) is 11.4. The van der Waals surface area contributed by atoms with E-state index in [0.29, 0.717) is 35.2 Å². The maximum absolute atomic E-state index is 14.7. The molecule has 3 fully saturated rings. The predicted octanol–water partition coefficient (Wildman–Crippen LogP) is 5.20. The number of carbonyl (C=O) groups excluding carboxylic acids is 3. The SMILES string of the molecule is C=CCN(C(=O)C1N(CCCO)C(=O)[C@@H]2[C@@H](C(=O)N(CC=C)c3ccc(OCC)cc3)[C@H]3CC(C)C12S3)c1ccc(Cl)cc1. The Hall–Kier alpha value is -3.27. The van der Waals surface area contributed by atoms with E-state index in [2.05, 4.69) is 20.1 Å². The number of thioether (sulfide) groups is 1. The molecule has 2 aromatic carbocycles. The summed E-state index contributed by atoms with van der Waals surface area (Å²) in [6.45, 7) is 12.9. The molecule has 44 heavy (non-hydrogen) atoms. The number of nitrogens with zero attached hydrogens (tertiary/aromatic N) is 3. The first-order valence-electron chi connectivity index (χ1n) is 15.2. The Morgan fingerprint density at radius 1 is 1.07 bits per heavy atom. The summed E-state index contributed by atoms with van der Waals surface area (Å²) < 4.78 is 4.80. The third kappa shape index (κ3) is 5.43. The fraction of sp³-hybridized carbons (Fsp3) is 0.441. The summed E-state index contributed by atoms with van der Waals surface area (Å²) in [6.07, 6.45) is 4.39. The van der Waals surface area contributed by atoms with Crippen LogP contribution in [-0.4, -0.2) is 76.6 Å². The molecule has 8 nitrogen and oxygen atoms in total. The van der Waals surface area contributed by atoms with E-state index in [1.165, 1.54) is 0 Å². The van der Waals surface area contributed by atoms with Gasteiger partial charge < -0.3 is 24.5 Å². The van der Waals surface area contributed by atoms with Crippen molar-refractivity contribution in [2.75, 3.05) is 42.6 Å². The molecule has 5 rings (SSSR count). The van der Waals surface area contributed by atoms with Crippen molar-refractivity contribution in [3.05, 3.63) is 78.9 Å². The number of hydrogen-bond donors (Lipinski definition) is 1. The lowest BCUT2D eigenvalue weighted by Gasteiger charge is -2.41. The molecule has 0 saturated carbocycles. The highest BCUT2D eigenvalue weighted by atomic mass is 35.5. The van der Waals surface area contributed by atoms with Crippen molar-refractivity contribution in [1.29, 1.82) is 0 Å². The van der Waals surface area contributed by atoms with E-state index in [4.69, 9.17) is 16.3 Å². The smallest absolute Gasteiger partial charge is 0.251 e. The number of aliphatic hydroxyl groups is 1. The molecule has 3 unspecified atom stereocenters. The Kier molecular flexibility index (Phi) is 9.77. The lowest BCUT2D eigenvalue weighted by molar-refractivity contribution is -0.139. The van der Waals surface area contributed by atoms with Crippen molar-refractivity contribution in [3.8, 4) is 5.75 Å². The van der Waals surface area contributed by atoms with Crippen molar-refractivity contribution >= 4 is 52.5 Å². The molecule has 10 heteroatoms. The summed E-state index contributed by atoms with van der Waals surface area (Å²) in [5, 5.41) is 10.2. The summed E-state index contributed by atoms with van der Waals surface area (Å²) in [6, 6.07) is 13.6. The monoisotopic (exact) mass is 637 g/mol. The van der Waals surface area contributed by atoms with Crippen LogP contribution in [-0.2, 0) is 14.4 Å². The Morgan fingerprint density at radius 3 is 2.23 bits per heavy atom. The maximum Gasteiger partial charge on any atom is 0.251 e. The van der Waals surface area contributed by atoms with E-state index in [1.807, 2.05) is 31.2 Å².